The lowest BCUT2D eigenvalue weighted by Gasteiger charge is -2.06. The van der Waals surface area contributed by atoms with E-state index < -0.39 is 17.8 Å². The second-order valence-electron chi connectivity index (χ2n) is 3.11. The van der Waals surface area contributed by atoms with Gasteiger partial charge in [-0.15, -0.1) is 0 Å². The molecule has 0 heterocycles. The van der Waals surface area contributed by atoms with Crippen LogP contribution in [-0.2, 0) is 9.53 Å². The van der Waals surface area contributed by atoms with Gasteiger partial charge in [-0.25, -0.2) is 4.79 Å². The van der Waals surface area contributed by atoms with Crippen molar-refractivity contribution in [1.82, 2.24) is 5.32 Å². The van der Waals surface area contributed by atoms with E-state index in [1.54, 1.807) is 6.07 Å². The first-order valence-electron chi connectivity index (χ1n) is 4.73. The number of hydrogen-bond acceptors (Lipinski definition) is 4. The molecule has 0 aliphatic rings. The van der Waals surface area contributed by atoms with Crippen molar-refractivity contribution in [1.29, 1.82) is 0 Å². The lowest BCUT2D eigenvalue weighted by atomic mass is 10.1. The topological polar surface area (TPSA) is 92.7 Å². The molecular weight excluding hydrogens is 226 g/mol. The smallest absolute Gasteiger partial charge is 0.336 e. The zero-order valence-electron chi connectivity index (χ0n) is 9.10. The van der Waals surface area contributed by atoms with Gasteiger partial charge in [0.15, 0.2) is 0 Å². The summed E-state index contributed by atoms with van der Waals surface area (Å²) in [7, 11) is 1.19. The monoisotopic (exact) mass is 237 g/mol. The Labute approximate surface area is 97.2 Å². The fourth-order valence-corrected chi connectivity index (χ4v) is 1.19. The molecule has 1 aromatic carbocycles. The molecule has 0 aliphatic carbocycles. The lowest BCUT2D eigenvalue weighted by molar-refractivity contribution is -0.139. The number of carbonyl (C=O) groups excluding carboxylic acids is 2. The molecule has 0 spiro atoms. The van der Waals surface area contributed by atoms with Crippen LogP contribution in [-0.4, -0.2) is 36.6 Å². The van der Waals surface area contributed by atoms with Gasteiger partial charge >= 0.3 is 11.9 Å². The average molecular weight is 237 g/mol. The highest BCUT2D eigenvalue weighted by Crippen LogP contribution is 2.08. The highest BCUT2D eigenvalue weighted by molar-refractivity contribution is 6.05. The second kappa shape index (κ2) is 5.64. The number of carbonyl (C=O) groups is 3. The molecule has 2 N–H and O–H groups in total. The van der Waals surface area contributed by atoms with Crippen molar-refractivity contribution < 1.29 is 24.2 Å². The van der Waals surface area contributed by atoms with Crippen molar-refractivity contribution >= 4 is 17.8 Å². The van der Waals surface area contributed by atoms with Crippen molar-refractivity contribution in [3.05, 3.63) is 35.4 Å². The Kier molecular flexibility index (Phi) is 4.21. The molecule has 0 unspecified atom stereocenters. The highest BCUT2D eigenvalue weighted by Gasteiger charge is 2.16. The Morgan fingerprint density at radius 2 is 1.82 bits per heavy atom. The van der Waals surface area contributed by atoms with E-state index in [0.717, 1.165) is 0 Å². The van der Waals surface area contributed by atoms with E-state index in [4.69, 9.17) is 5.11 Å². The molecule has 1 rings (SSSR count). The number of rotatable bonds is 4. The van der Waals surface area contributed by atoms with E-state index in [2.05, 4.69) is 10.1 Å². The van der Waals surface area contributed by atoms with Gasteiger partial charge in [0.25, 0.3) is 5.91 Å². The van der Waals surface area contributed by atoms with Crippen LogP contribution in [0.4, 0.5) is 0 Å². The zero-order chi connectivity index (χ0) is 12.8. The first kappa shape index (κ1) is 12.7. The number of hydrogen-bond donors (Lipinski definition) is 2. The van der Waals surface area contributed by atoms with Gasteiger partial charge in [-0.1, -0.05) is 12.1 Å². The van der Waals surface area contributed by atoms with Crippen molar-refractivity contribution in [2.45, 2.75) is 0 Å². The molecule has 0 radical (unpaired) electrons. The van der Waals surface area contributed by atoms with Crippen LogP contribution in [0.1, 0.15) is 20.7 Å². The SMILES string of the molecule is COC(=O)CNC(=O)c1ccccc1C(=O)O. The Morgan fingerprint density at radius 3 is 2.35 bits per heavy atom. The molecule has 0 aliphatic heterocycles. The van der Waals surface area contributed by atoms with Gasteiger partial charge in [-0.3, -0.25) is 9.59 Å². The maximum atomic E-state index is 11.6. The number of esters is 1. The van der Waals surface area contributed by atoms with Crippen LogP contribution in [0.5, 0.6) is 0 Å². The van der Waals surface area contributed by atoms with E-state index in [-0.39, 0.29) is 17.7 Å². The number of carboxylic acid groups (broad SMARTS) is 1. The van der Waals surface area contributed by atoms with Crippen molar-refractivity contribution in [3.63, 3.8) is 0 Å². The second-order valence-corrected chi connectivity index (χ2v) is 3.11. The Hall–Kier alpha value is -2.37. The Balaban J connectivity index is 2.82. The number of ether oxygens (including phenoxy) is 1. The lowest BCUT2D eigenvalue weighted by Crippen LogP contribution is -2.31. The number of amides is 1. The molecule has 90 valence electrons. The van der Waals surface area contributed by atoms with E-state index in [1.165, 1.54) is 25.3 Å². The third-order valence-electron chi connectivity index (χ3n) is 2.02. The zero-order valence-corrected chi connectivity index (χ0v) is 9.10. The van der Waals surface area contributed by atoms with Crippen LogP contribution in [0, 0.1) is 0 Å². The maximum absolute atomic E-state index is 11.6. The number of nitrogens with one attached hydrogen (secondary N) is 1. The van der Waals surface area contributed by atoms with Crippen LogP contribution in [0.25, 0.3) is 0 Å². The summed E-state index contributed by atoms with van der Waals surface area (Å²) in [4.78, 5) is 33.3. The molecule has 1 amide bonds. The summed E-state index contributed by atoms with van der Waals surface area (Å²) >= 11 is 0. The van der Waals surface area contributed by atoms with E-state index in [1.807, 2.05) is 0 Å². The summed E-state index contributed by atoms with van der Waals surface area (Å²) < 4.78 is 4.34. The fourth-order valence-electron chi connectivity index (χ4n) is 1.19. The number of benzene rings is 1. The summed E-state index contributed by atoms with van der Waals surface area (Å²) in [5.41, 5.74) is -0.112. The van der Waals surface area contributed by atoms with Gasteiger partial charge < -0.3 is 15.2 Å². The van der Waals surface area contributed by atoms with Gasteiger partial charge in [-0.05, 0) is 12.1 Å². The quantitative estimate of drug-likeness (QED) is 0.734. The number of carboxylic acids is 1. The van der Waals surface area contributed by atoms with E-state index >= 15 is 0 Å². The molecule has 0 atom stereocenters. The van der Waals surface area contributed by atoms with Crippen molar-refractivity contribution in [3.8, 4) is 0 Å². The van der Waals surface area contributed by atoms with E-state index in [9.17, 15) is 14.4 Å². The highest BCUT2D eigenvalue weighted by atomic mass is 16.5. The normalized spacial score (nSPS) is 9.47. The van der Waals surface area contributed by atoms with Gasteiger partial charge in [0.2, 0.25) is 0 Å². The van der Waals surface area contributed by atoms with Gasteiger partial charge in [0.05, 0.1) is 18.2 Å². The molecule has 17 heavy (non-hydrogen) atoms. The minimum absolute atomic E-state index is 0.00361. The molecule has 0 saturated carbocycles. The number of aromatic carboxylic acids is 1. The first-order valence-corrected chi connectivity index (χ1v) is 4.73. The molecule has 0 fully saturated rings. The first-order chi connectivity index (χ1) is 8.06. The van der Waals surface area contributed by atoms with Crippen LogP contribution < -0.4 is 5.32 Å². The molecule has 0 saturated heterocycles. The average Bonchev–Trinajstić information content (AvgIpc) is 2.35. The number of methoxy groups -OCH3 is 1. The molecule has 6 nitrogen and oxygen atoms in total. The van der Waals surface area contributed by atoms with Crippen molar-refractivity contribution in [2.75, 3.05) is 13.7 Å². The Bertz CT molecular complexity index is 455. The predicted molar refractivity (Wildman–Crippen MR) is 57.8 cm³/mol. The molecule has 1 aromatic rings. The maximum Gasteiger partial charge on any atom is 0.336 e. The predicted octanol–water partition coefficient (Wildman–Crippen LogP) is 0.288. The van der Waals surface area contributed by atoms with Crippen LogP contribution in [0.3, 0.4) is 0 Å². The minimum Gasteiger partial charge on any atom is -0.478 e. The fraction of sp³-hybridized carbons (Fsp3) is 0.182. The van der Waals surface area contributed by atoms with Gasteiger partial charge in [-0.2, -0.15) is 0 Å². The van der Waals surface area contributed by atoms with Gasteiger partial charge in [0, 0.05) is 0 Å². The standard InChI is InChI=1S/C11H11NO5/c1-17-9(13)6-12-10(14)7-4-2-3-5-8(7)11(15)16/h2-5H,6H2,1H3,(H,12,14)(H,15,16). The van der Waals surface area contributed by atoms with Crippen molar-refractivity contribution in [2.24, 2.45) is 0 Å². The summed E-state index contributed by atoms with van der Waals surface area (Å²) in [6.45, 7) is -0.302. The van der Waals surface area contributed by atoms with E-state index in [0.29, 0.717) is 0 Å². The molecular formula is C11H11NO5. The molecule has 0 bridgehead atoms. The summed E-state index contributed by atoms with van der Waals surface area (Å²) in [5.74, 6) is -2.44. The molecule has 6 heteroatoms. The van der Waals surface area contributed by atoms with Gasteiger partial charge in [0.1, 0.15) is 6.54 Å². The van der Waals surface area contributed by atoms with Crippen LogP contribution in [0.2, 0.25) is 0 Å². The third kappa shape index (κ3) is 3.30. The summed E-state index contributed by atoms with van der Waals surface area (Å²) in [6.07, 6.45) is 0. The summed E-state index contributed by atoms with van der Waals surface area (Å²) in [6, 6.07) is 5.74. The molecule has 0 aromatic heterocycles. The largest absolute Gasteiger partial charge is 0.478 e. The Morgan fingerprint density at radius 1 is 1.24 bits per heavy atom. The minimum atomic E-state index is -1.20. The van der Waals surface area contributed by atoms with Crippen LogP contribution in [0.15, 0.2) is 24.3 Å². The van der Waals surface area contributed by atoms with Crippen LogP contribution >= 0.6 is 0 Å². The summed E-state index contributed by atoms with van der Waals surface area (Å²) in [5, 5.41) is 11.1. The third-order valence-corrected chi connectivity index (χ3v) is 2.02.